The van der Waals surface area contributed by atoms with E-state index in [0.29, 0.717) is 6.04 Å². The first-order chi connectivity index (χ1) is 9.10. The Morgan fingerprint density at radius 1 is 1.42 bits per heavy atom. The van der Waals surface area contributed by atoms with Crippen molar-refractivity contribution in [2.24, 2.45) is 0 Å². The van der Waals surface area contributed by atoms with Gasteiger partial charge in [0.05, 0.1) is 5.69 Å². The number of aryl methyl sites for hydroxylation is 1. The van der Waals surface area contributed by atoms with Gasteiger partial charge in [-0.2, -0.15) is 5.26 Å². The predicted octanol–water partition coefficient (Wildman–Crippen LogP) is 1.95. The molecule has 1 heterocycles. The molecule has 98 valence electrons. The molecule has 0 spiro atoms. The van der Waals surface area contributed by atoms with Crippen molar-refractivity contribution in [2.45, 2.75) is 33.4 Å². The van der Waals surface area contributed by atoms with E-state index < -0.39 is 0 Å². The minimum absolute atomic E-state index is 0.184. The average Bonchev–Trinajstić information content (AvgIpc) is 2.85. The third-order valence-electron chi connectivity index (χ3n) is 2.77. The van der Waals surface area contributed by atoms with Gasteiger partial charge in [-0.25, -0.2) is 9.67 Å². The topological polar surface area (TPSA) is 66.5 Å². The summed E-state index contributed by atoms with van der Waals surface area (Å²) in [5, 5.41) is 16.3. The number of hydrogen-bond acceptors (Lipinski definition) is 4. The normalized spacial score (nSPS) is 10.7. The van der Waals surface area contributed by atoms with Crippen LogP contribution in [0.3, 0.4) is 0 Å². The zero-order chi connectivity index (χ0) is 13.8. The Kier molecular flexibility index (Phi) is 3.93. The Balaban J connectivity index is 2.36. The first-order valence-electron chi connectivity index (χ1n) is 6.25. The van der Waals surface area contributed by atoms with Gasteiger partial charge in [-0.05, 0) is 18.6 Å². The standard InChI is InChI=1S/C14H17N5/c1-10(2)16-8-12-6-11(3)4-5-13(12)19-9-17-14(7-15)18-19/h4-6,9-10,16H,8H2,1-3H3. The summed E-state index contributed by atoms with van der Waals surface area (Å²) in [6, 6.07) is 8.51. The predicted molar refractivity (Wildman–Crippen MR) is 72.8 cm³/mol. The summed E-state index contributed by atoms with van der Waals surface area (Å²) >= 11 is 0. The SMILES string of the molecule is Cc1ccc(-n2cnc(C#N)n2)c(CNC(C)C)c1. The maximum Gasteiger partial charge on any atom is 0.252 e. The molecule has 0 aliphatic rings. The Morgan fingerprint density at radius 3 is 2.84 bits per heavy atom. The summed E-state index contributed by atoms with van der Waals surface area (Å²) < 4.78 is 1.65. The van der Waals surface area contributed by atoms with Crippen molar-refractivity contribution in [3.63, 3.8) is 0 Å². The molecule has 1 N–H and O–H groups in total. The number of rotatable bonds is 4. The van der Waals surface area contributed by atoms with Crippen molar-refractivity contribution >= 4 is 0 Å². The second-order valence-corrected chi connectivity index (χ2v) is 4.79. The lowest BCUT2D eigenvalue weighted by Crippen LogP contribution is -2.22. The van der Waals surface area contributed by atoms with Gasteiger partial charge < -0.3 is 5.32 Å². The first kappa shape index (κ1) is 13.2. The fourth-order valence-electron chi connectivity index (χ4n) is 1.82. The van der Waals surface area contributed by atoms with Gasteiger partial charge in [0, 0.05) is 12.6 Å². The number of nitrogens with one attached hydrogen (secondary N) is 1. The fourth-order valence-corrected chi connectivity index (χ4v) is 1.82. The Hall–Kier alpha value is -2.19. The maximum absolute atomic E-state index is 8.79. The van der Waals surface area contributed by atoms with Crippen LogP contribution >= 0.6 is 0 Å². The molecule has 1 aromatic heterocycles. The lowest BCUT2D eigenvalue weighted by atomic mass is 10.1. The summed E-state index contributed by atoms with van der Waals surface area (Å²) in [5.41, 5.74) is 3.29. The molecule has 0 bridgehead atoms. The minimum atomic E-state index is 0.184. The van der Waals surface area contributed by atoms with Gasteiger partial charge in [-0.3, -0.25) is 0 Å². The Morgan fingerprint density at radius 2 is 2.21 bits per heavy atom. The highest BCUT2D eigenvalue weighted by molar-refractivity contribution is 5.42. The monoisotopic (exact) mass is 255 g/mol. The molecule has 0 radical (unpaired) electrons. The van der Waals surface area contributed by atoms with Crippen LogP contribution in [0.2, 0.25) is 0 Å². The van der Waals surface area contributed by atoms with Crippen LogP contribution in [-0.4, -0.2) is 20.8 Å². The summed E-state index contributed by atoms with van der Waals surface area (Å²) in [7, 11) is 0. The van der Waals surface area contributed by atoms with Crippen LogP contribution < -0.4 is 5.32 Å². The number of nitriles is 1. The molecule has 0 atom stereocenters. The van der Waals surface area contributed by atoms with E-state index in [1.165, 1.54) is 5.56 Å². The van der Waals surface area contributed by atoms with E-state index in [1.54, 1.807) is 11.0 Å². The van der Waals surface area contributed by atoms with Gasteiger partial charge in [0.15, 0.2) is 0 Å². The molecular formula is C14H17N5. The largest absolute Gasteiger partial charge is 0.310 e. The quantitative estimate of drug-likeness (QED) is 0.906. The molecule has 1 aromatic carbocycles. The summed E-state index contributed by atoms with van der Waals surface area (Å²) in [6.45, 7) is 7.04. The number of aromatic nitrogens is 3. The number of nitrogens with zero attached hydrogens (tertiary/aromatic N) is 4. The van der Waals surface area contributed by atoms with Crippen LogP contribution in [0.1, 0.15) is 30.8 Å². The van der Waals surface area contributed by atoms with Crippen LogP contribution in [0, 0.1) is 18.3 Å². The second kappa shape index (κ2) is 5.63. The molecule has 2 aromatic rings. The van der Waals surface area contributed by atoms with Gasteiger partial charge in [-0.15, -0.1) is 5.10 Å². The molecule has 5 heteroatoms. The van der Waals surface area contributed by atoms with Gasteiger partial charge in [0.2, 0.25) is 0 Å². The van der Waals surface area contributed by atoms with Crippen LogP contribution in [0.25, 0.3) is 5.69 Å². The molecule has 2 rings (SSSR count). The number of benzene rings is 1. The van der Waals surface area contributed by atoms with Crippen LogP contribution in [-0.2, 0) is 6.54 Å². The molecule has 5 nitrogen and oxygen atoms in total. The number of hydrogen-bond donors (Lipinski definition) is 1. The highest BCUT2D eigenvalue weighted by atomic mass is 15.3. The molecule has 0 fully saturated rings. The average molecular weight is 255 g/mol. The molecule has 19 heavy (non-hydrogen) atoms. The van der Waals surface area contributed by atoms with E-state index in [9.17, 15) is 0 Å². The van der Waals surface area contributed by atoms with Crippen molar-refractivity contribution in [3.05, 3.63) is 41.5 Å². The summed E-state index contributed by atoms with van der Waals surface area (Å²) in [4.78, 5) is 3.94. The second-order valence-electron chi connectivity index (χ2n) is 4.79. The first-order valence-corrected chi connectivity index (χ1v) is 6.25. The zero-order valence-electron chi connectivity index (χ0n) is 11.4. The van der Waals surface area contributed by atoms with Crippen LogP contribution in [0.5, 0.6) is 0 Å². The van der Waals surface area contributed by atoms with Crippen LogP contribution in [0.15, 0.2) is 24.5 Å². The van der Waals surface area contributed by atoms with E-state index in [0.717, 1.165) is 17.8 Å². The van der Waals surface area contributed by atoms with Crippen molar-refractivity contribution in [2.75, 3.05) is 0 Å². The molecule has 0 unspecified atom stereocenters. The van der Waals surface area contributed by atoms with Gasteiger partial charge in [0.25, 0.3) is 5.82 Å². The summed E-state index contributed by atoms with van der Waals surface area (Å²) in [5.74, 6) is 0.184. The highest BCUT2D eigenvalue weighted by Gasteiger charge is 2.08. The van der Waals surface area contributed by atoms with Gasteiger partial charge >= 0.3 is 0 Å². The highest BCUT2D eigenvalue weighted by Crippen LogP contribution is 2.16. The van der Waals surface area contributed by atoms with E-state index in [4.69, 9.17) is 5.26 Å². The minimum Gasteiger partial charge on any atom is -0.310 e. The van der Waals surface area contributed by atoms with Crippen molar-refractivity contribution in [1.29, 1.82) is 5.26 Å². The van der Waals surface area contributed by atoms with Crippen molar-refractivity contribution in [3.8, 4) is 11.8 Å². The molecule has 0 amide bonds. The lowest BCUT2D eigenvalue weighted by molar-refractivity contribution is 0.586. The Bertz CT molecular complexity index is 607. The fraction of sp³-hybridized carbons (Fsp3) is 0.357. The molecule has 0 saturated carbocycles. The lowest BCUT2D eigenvalue weighted by Gasteiger charge is -2.13. The van der Waals surface area contributed by atoms with E-state index in [-0.39, 0.29) is 5.82 Å². The van der Waals surface area contributed by atoms with E-state index >= 15 is 0 Å². The smallest absolute Gasteiger partial charge is 0.252 e. The molecule has 0 aliphatic heterocycles. The molecular weight excluding hydrogens is 238 g/mol. The van der Waals surface area contributed by atoms with Gasteiger partial charge in [0.1, 0.15) is 12.4 Å². The van der Waals surface area contributed by atoms with E-state index in [2.05, 4.69) is 42.2 Å². The van der Waals surface area contributed by atoms with Crippen LogP contribution in [0.4, 0.5) is 0 Å². The van der Waals surface area contributed by atoms with E-state index in [1.807, 2.05) is 18.2 Å². The molecule has 0 aliphatic carbocycles. The van der Waals surface area contributed by atoms with Gasteiger partial charge in [-0.1, -0.05) is 31.5 Å². The maximum atomic E-state index is 8.79. The summed E-state index contributed by atoms with van der Waals surface area (Å²) in [6.07, 6.45) is 1.57. The Labute approximate surface area is 112 Å². The third kappa shape index (κ3) is 3.18. The third-order valence-corrected chi connectivity index (χ3v) is 2.77. The van der Waals surface area contributed by atoms with Crippen molar-refractivity contribution in [1.82, 2.24) is 20.1 Å². The van der Waals surface area contributed by atoms with Crippen molar-refractivity contribution < 1.29 is 0 Å². The zero-order valence-corrected chi connectivity index (χ0v) is 11.4. The molecule has 0 saturated heterocycles.